The number of hydrogen-bond acceptors (Lipinski definition) is 14. The number of esters is 1. The number of hydrogen-bond donors (Lipinski definition) is 0. The first-order valence-corrected chi connectivity index (χ1v) is 26.6. The molecule has 4 aliphatic rings. The molecule has 0 aliphatic carbocycles. The molecule has 14 unspecified atom stereocenters. The van der Waals surface area contributed by atoms with Crippen molar-refractivity contribution in [2.75, 3.05) is 52.6 Å². The van der Waals surface area contributed by atoms with Gasteiger partial charge in [-0.25, -0.2) is 4.79 Å². The van der Waals surface area contributed by atoms with E-state index in [4.69, 9.17) is 52.1 Å². The monoisotopic (exact) mass is 979 g/mol. The Hall–Kier alpha value is -2.44. The van der Waals surface area contributed by atoms with Crippen molar-refractivity contribution in [3.8, 4) is 0 Å². The van der Waals surface area contributed by atoms with Gasteiger partial charge in [0.05, 0.1) is 36.4 Å². The second-order valence-electron chi connectivity index (χ2n) is 19.9. The van der Waals surface area contributed by atoms with Crippen LogP contribution >= 0.6 is 0 Å². The molecule has 0 saturated carbocycles. The standard InChI is InChI=1S/C54H94N2O13/c1-15-46(64-41(10)60-17-3)39(8)51-47(65-51)36-53(13,68-42(11)61-18-4)29-22-23-37(6)50-38(7)24-25-48(66-52(58)56-33-27-44(28-34-56)55-31-20-21-32-55)54(14,69-43(12)62-19-5)30-26-45(35-49(57)67-50)63-40(9)59-16-2/h22-25,29,38-48,50-51H,15-21,26-28,30-36H2,1-14H3/b25-24+,29-22+,37-23+. The first-order valence-electron chi connectivity index (χ1n) is 26.6. The van der Waals surface area contributed by atoms with Crippen LogP contribution in [0.25, 0.3) is 0 Å². The highest BCUT2D eigenvalue weighted by atomic mass is 16.7. The molecule has 1 amide bonds. The fraction of sp³-hybridized carbons (Fsp3) is 0.852. The fourth-order valence-electron chi connectivity index (χ4n) is 10.4. The van der Waals surface area contributed by atoms with E-state index >= 15 is 0 Å². The van der Waals surface area contributed by atoms with Gasteiger partial charge in [-0.1, -0.05) is 45.1 Å². The lowest BCUT2D eigenvalue weighted by molar-refractivity contribution is -0.225. The molecule has 14 atom stereocenters. The first-order chi connectivity index (χ1) is 32.9. The van der Waals surface area contributed by atoms with Gasteiger partial charge >= 0.3 is 12.1 Å². The van der Waals surface area contributed by atoms with Gasteiger partial charge in [-0.15, -0.1) is 0 Å². The minimum absolute atomic E-state index is 0.0112. The summed E-state index contributed by atoms with van der Waals surface area (Å²) in [5, 5.41) is 0. The number of cyclic esters (lactones) is 1. The van der Waals surface area contributed by atoms with Crippen molar-refractivity contribution in [1.82, 2.24) is 9.80 Å². The molecule has 0 spiro atoms. The SMILES string of the molecule is CCOC(C)OC1CCC(C)(OC(C)OCC)C(OC(=O)N2CCC(N3CCCC3)CC2)/C=C/C(C)C(/C(C)=C/C=C/C(C)(CC2OC2C(C)C(CC)OC(C)OCC)OC(C)OCC)OC(=O)C1. The van der Waals surface area contributed by atoms with Crippen LogP contribution in [-0.2, 0) is 56.9 Å². The highest BCUT2D eigenvalue weighted by Gasteiger charge is 2.49. The van der Waals surface area contributed by atoms with Crippen molar-refractivity contribution < 1.29 is 61.7 Å². The molecule has 0 N–H and O–H groups in total. The average molecular weight is 979 g/mol. The number of allylic oxidation sites excluding steroid dienone is 2. The van der Waals surface area contributed by atoms with Gasteiger partial charge in [-0.05, 0) is 146 Å². The van der Waals surface area contributed by atoms with E-state index in [-0.39, 0.29) is 49.0 Å². The summed E-state index contributed by atoms with van der Waals surface area (Å²) in [6, 6.07) is 0.490. The van der Waals surface area contributed by atoms with Crippen LogP contribution in [0.5, 0.6) is 0 Å². The van der Waals surface area contributed by atoms with Crippen LogP contribution in [0, 0.1) is 11.8 Å². The van der Waals surface area contributed by atoms with E-state index in [1.807, 2.05) is 118 Å². The molecule has 3 saturated heterocycles. The zero-order chi connectivity index (χ0) is 50.7. The Morgan fingerprint density at radius 3 is 2.13 bits per heavy atom. The number of piperidine rings is 1. The Bertz CT molecular complexity index is 1600. The summed E-state index contributed by atoms with van der Waals surface area (Å²) in [5.74, 6) is -0.586. The van der Waals surface area contributed by atoms with Crippen molar-refractivity contribution in [2.24, 2.45) is 11.8 Å². The number of carbonyl (C=O) groups is 2. The van der Waals surface area contributed by atoms with E-state index in [1.54, 1.807) is 0 Å². The van der Waals surface area contributed by atoms with E-state index in [0.29, 0.717) is 64.8 Å². The molecule has 0 aromatic heterocycles. The van der Waals surface area contributed by atoms with Gasteiger partial charge in [-0.2, -0.15) is 0 Å². The Balaban J connectivity index is 1.64. The van der Waals surface area contributed by atoms with Gasteiger partial charge in [0.2, 0.25) is 0 Å². The van der Waals surface area contributed by atoms with Gasteiger partial charge < -0.3 is 61.9 Å². The molecule has 0 bridgehead atoms. The minimum Gasteiger partial charge on any atom is -0.457 e. The molecule has 0 radical (unpaired) electrons. The van der Waals surface area contributed by atoms with Crippen LogP contribution in [0.2, 0.25) is 0 Å². The minimum atomic E-state index is -1.06. The third kappa shape index (κ3) is 19.2. The van der Waals surface area contributed by atoms with E-state index < -0.39 is 54.4 Å². The fourth-order valence-corrected chi connectivity index (χ4v) is 10.4. The third-order valence-corrected chi connectivity index (χ3v) is 14.1. The molecule has 15 heteroatoms. The Morgan fingerprint density at radius 2 is 1.49 bits per heavy atom. The summed E-state index contributed by atoms with van der Waals surface area (Å²) < 4.78 is 68.4. The number of ether oxygens (including phenoxy) is 11. The predicted octanol–water partition coefficient (Wildman–Crippen LogP) is 9.90. The second-order valence-corrected chi connectivity index (χ2v) is 19.9. The summed E-state index contributed by atoms with van der Waals surface area (Å²) in [6.07, 6.45) is 11.9. The number of rotatable bonds is 26. The zero-order valence-corrected chi connectivity index (χ0v) is 45.1. The van der Waals surface area contributed by atoms with Gasteiger partial charge in [-0.3, -0.25) is 4.79 Å². The molecular weight excluding hydrogens is 885 g/mol. The topological polar surface area (TPSA) is 145 Å². The van der Waals surface area contributed by atoms with Gasteiger partial charge in [0.15, 0.2) is 31.3 Å². The van der Waals surface area contributed by atoms with Crippen LogP contribution in [0.3, 0.4) is 0 Å². The van der Waals surface area contributed by atoms with Crippen LogP contribution in [0.15, 0.2) is 36.0 Å². The quantitative estimate of drug-likeness (QED) is 0.0266. The average Bonchev–Trinajstić information content (AvgIpc) is 3.82. The lowest BCUT2D eigenvalue weighted by Crippen LogP contribution is -2.51. The predicted molar refractivity (Wildman–Crippen MR) is 266 cm³/mol. The summed E-state index contributed by atoms with van der Waals surface area (Å²) >= 11 is 0. The number of amides is 1. The van der Waals surface area contributed by atoms with Crippen LogP contribution in [-0.4, -0.2) is 153 Å². The first kappa shape index (κ1) is 59.1. The molecular formula is C54H94N2O13. The van der Waals surface area contributed by atoms with Gasteiger partial charge in [0.25, 0.3) is 0 Å². The van der Waals surface area contributed by atoms with E-state index in [0.717, 1.165) is 37.9 Å². The molecule has 3 fully saturated rings. The van der Waals surface area contributed by atoms with Crippen molar-refractivity contribution >= 4 is 12.1 Å². The molecule has 15 nitrogen and oxygen atoms in total. The lowest BCUT2D eigenvalue weighted by atomic mass is 9.88. The van der Waals surface area contributed by atoms with Crippen LogP contribution in [0.4, 0.5) is 4.79 Å². The zero-order valence-electron chi connectivity index (χ0n) is 45.1. The highest BCUT2D eigenvalue weighted by Crippen LogP contribution is 2.40. The maximum absolute atomic E-state index is 14.2. The van der Waals surface area contributed by atoms with Crippen molar-refractivity contribution in [2.45, 2.75) is 234 Å². The summed E-state index contributed by atoms with van der Waals surface area (Å²) in [5.41, 5.74) is -1.01. The second kappa shape index (κ2) is 29.3. The van der Waals surface area contributed by atoms with E-state index in [2.05, 4.69) is 18.7 Å². The Labute approximate surface area is 416 Å². The number of likely N-dealkylation sites (tertiary alicyclic amines) is 2. The molecule has 0 aromatic carbocycles. The maximum Gasteiger partial charge on any atom is 0.410 e. The molecule has 0 aromatic rings. The molecule has 69 heavy (non-hydrogen) atoms. The Kier molecular flexibility index (Phi) is 25.1. The third-order valence-electron chi connectivity index (χ3n) is 14.1. The number of nitrogens with zero attached hydrogens (tertiary/aromatic N) is 2. The lowest BCUT2D eigenvalue weighted by Gasteiger charge is -2.41. The highest BCUT2D eigenvalue weighted by molar-refractivity contribution is 5.70. The normalized spacial score (nSPS) is 30.9. The van der Waals surface area contributed by atoms with Crippen molar-refractivity contribution in [3.63, 3.8) is 0 Å². The number of epoxide rings is 1. The molecule has 4 aliphatic heterocycles. The molecule has 398 valence electrons. The summed E-state index contributed by atoms with van der Waals surface area (Å²) in [4.78, 5) is 32.6. The van der Waals surface area contributed by atoms with E-state index in [1.165, 1.54) is 12.8 Å². The van der Waals surface area contributed by atoms with Crippen molar-refractivity contribution in [1.29, 1.82) is 0 Å². The molecule has 4 heterocycles. The Morgan fingerprint density at radius 1 is 0.870 bits per heavy atom. The van der Waals surface area contributed by atoms with Crippen molar-refractivity contribution in [3.05, 3.63) is 36.0 Å². The maximum atomic E-state index is 14.2. The largest absolute Gasteiger partial charge is 0.457 e. The molecule has 4 rings (SSSR count). The van der Waals surface area contributed by atoms with Gasteiger partial charge in [0.1, 0.15) is 11.7 Å². The van der Waals surface area contributed by atoms with Crippen LogP contribution in [0.1, 0.15) is 155 Å². The van der Waals surface area contributed by atoms with Gasteiger partial charge in [0, 0.05) is 63.8 Å². The van der Waals surface area contributed by atoms with E-state index in [9.17, 15) is 9.59 Å². The van der Waals surface area contributed by atoms with Crippen LogP contribution < -0.4 is 0 Å². The summed E-state index contributed by atoms with van der Waals surface area (Å²) in [6.45, 7) is 33.0. The number of carbonyl (C=O) groups excluding carboxylic acids is 2. The smallest absolute Gasteiger partial charge is 0.410 e. The summed E-state index contributed by atoms with van der Waals surface area (Å²) in [7, 11) is 0.